The Kier molecular flexibility index (Phi) is 5.49. The van der Waals surface area contributed by atoms with Crippen molar-refractivity contribution < 1.29 is 28.8 Å². The number of carbonyl (C=O) groups excluding carboxylic acids is 3. The summed E-state index contributed by atoms with van der Waals surface area (Å²) in [5, 5.41) is 24.5. The minimum Gasteiger partial charge on any atom is -0.507 e. The van der Waals surface area contributed by atoms with Crippen LogP contribution >= 0.6 is 0 Å². The van der Waals surface area contributed by atoms with Gasteiger partial charge in [-0.05, 0) is 42.5 Å². The number of anilines is 2. The summed E-state index contributed by atoms with van der Waals surface area (Å²) in [4.78, 5) is 49.0. The van der Waals surface area contributed by atoms with Gasteiger partial charge in [0.15, 0.2) is 0 Å². The van der Waals surface area contributed by atoms with Gasteiger partial charge in [0.05, 0.1) is 16.8 Å². The van der Waals surface area contributed by atoms with E-state index in [0.29, 0.717) is 11.4 Å². The van der Waals surface area contributed by atoms with Gasteiger partial charge < -0.3 is 14.8 Å². The van der Waals surface area contributed by atoms with Crippen molar-refractivity contribution in [1.29, 1.82) is 0 Å². The molecule has 166 valence electrons. The number of ketones is 1. The lowest BCUT2D eigenvalue weighted by Gasteiger charge is -2.23. The predicted molar refractivity (Wildman–Crippen MR) is 117 cm³/mol. The van der Waals surface area contributed by atoms with Crippen molar-refractivity contribution in [2.75, 3.05) is 10.2 Å². The molecule has 1 unspecified atom stereocenters. The van der Waals surface area contributed by atoms with Gasteiger partial charge in [0.2, 0.25) is 5.91 Å². The van der Waals surface area contributed by atoms with E-state index in [-0.39, 0.29) is 28.5 Å². The Hall–Kier alpha value is -4.73. The molecule has 33 heavy (non-hydrogen) atoms. The Morgan fingerprint density at radius 1 is 1.12 bits per heavy atom. The fraction of sp³-hybridized carbons (Fsp3) is 0.0870. The first-order valence-electron chi connectivity index (χ1n) is 9.75. The summed E-state index contributed by atoms with van der Waals surface area (Å²) in [6.07, 6.45) is 1.37. The van der Waals surface area contributed by atoms with Gasteiger partial charge in [-0.25, -0.2) is 0 Å². The van der Waals surface area contributed by atoms with Gasteiger partial charge in [-0.2, -0.15) is 0 Å². The quantitative estimate of drug-likeness (QED) is 0.199. The number of nitrogens with one attached hydrogen (secondary N) is 1. The molecule has 3 aromatic rings. The van der Waals surface area contributed by atoms with Crippen LogP contribution in [-0.4, -0.2) is 27.6 Å². The Balaban J connectivity index is 1.86. The third-order valence-corrected chi connectivity index (χ3v) is 5.05. The average molecular weight is 447 g/mol. The van der Waals surface area contributed by atoms with Crippen molar-refractivity contribution in [3.63, 3.8) is 0 Å². The predicted octanol–water partition coefficient (Wildman–Crippen LogP) is 3.77. The summed E-state index contributed by atoms with van der Waals surface area (Å²) in [6.45, 7) is 1.34. The van der Waals surface area contributed by atoms with Crippen LogP contribution < -0.4 is 10.2 Å². The molecule has 1 atom stereocenters. The molecule has 0 radical (unpaired) electrons. The van der Waals surface area contributed by atoms with Crippen LogP contribution in [0.25, 0.3) is 5.76 Å². The first-order valence-corrected chi connectivity index (χ1v) is 9.75. The molecule has 4 rings (SSSR count). The number of carbonyl (C=O) groups is 3. The highest BCUT2D eigenvalue weighted by Crippen LogP contribution is 2.42. The second-order valence-electron chi connectivity index (χ2n) is 7.22. The molecule has 2 aromatic carbocycles. The lowest BCUT2D eigenvalue weighted by atomic mass is 9.99. The molecule has 1 fully saturated rings. The van der Waals surface area contributed by atoms with Crippen molar-refractivity contribution in [1.82, 2.24) is 0 Å². The molecule has 1 saturated heterocycles. The van der Waals surface area contributed by atoms with Crippen molar-refractivity contribution in [2.45, 2.75) is 13.0 Å². The fourth-order valence-electron chi connectivity index (χ4n) is 3.65. The first-order chi connectivity index (χ1) is 15.8. The van der Waals surface area contributed by atoms with Crippen molar-refractivity contribution >= 4 is 40.4 Å². The van der Waals surface area contributed by atoms with E-state index in [1.165, 1.54) is 48.4 Å². The van der Waals surface area contributed by atoms with Gasteiger partial charge >= 0.3 is 0 Å². The number of benzene rings is 2. The number of hydrogen-bond acceptors (Lipinski definition) is 7. The molecule has 1 aliphatic heterocycles. The van der Waals surface area contributed by atoms with Gasteiger partial charge in [0, 0.05) is 36.0 Å². The summed E-state index contributed by atoms with van der Waals surface area (Å²) in [5.41, 5.74) is 0.420. The number of nitro groups is 1. The summed E-state index contributed by atoms with van der Waals surface area (Å²) in [5.74, 6) is -2.43. The molecule has 10 nitrogen and oxygen atoms in total. The Morgan fingerprint density at radius 2 is 1.85 bits per heavy atom. The number of non-ortho nitro benzene ring substituents is 1. The normalized spacial score (nSPS) is 17.2. The minimum absolute atomic E-state index is 0.127. The van der Waals surface area contributed by atoms with Crippen molar-refractivity contribution in [2.24, 2.45) is 0 Å². The zero-order valence-electron chi connectivity index (χ0n) is 17.2. The van der Waals surface area contributed by atoms with Gasteiger partial charge in [0.1, 0.15) is 17.6 Å². The van der Waals surface area contributed by atoms with Gasteiger partial charge in [-0.1, -0.05) is 6.07 Å². The van der Waals surface area contributed by atoms with E-state index >= 15 is 0 Å². The second-order valence-corrected chi connectivity index (χ2v) is 7.22. The molecular weight excluding hydrogens is 430 g/mol. The van der Waals surface area contributed by atoms with Crippen LogP contribution in [0.4, 0.5) is 17.1 Å². The number of amides is 2. The van der Waals surface area contributed by atoms with Crippen LogP contribution in [0.5, 0.6) is 0 Å². The summed E-state index contributed by atoms with van der Waals surface area (Å²) in [7, 11) is 0. The number of furan rings is 1. The maximum Gasteiger partial charge on any atom is 0.300 e. The van der Waals surface area contributed by atoms with Gasteiger partial charge in [-0.15, -0.1) is 0 Å². The molecule has 0 bridgehead atoms. The second kappa shape index (κ2) is 8.42. The molecule has 1 aliphatic rings. The molecule has 0 aliphatic carbocycles. The van der Waals surface area contributed by atoms with Gasteiger partial charge in [0.25, 0.3) is 17.4 Å². The Bertz CT molecular complexity index is 1290. The lowest BCUT2D eigenvalue weighted by molar-refractivity contribution is -0.384. The molecule has 2 N–H and O–H groups in total. The highest BCUT2D eigenvalue weighted by atomic mass is 16.6. The van der Waals surface area contributed by atoms with E-state index < -0.39 is 28.4 Å². The molecule has 2 amide bonds. The highest BCUT2D eigenvalue weighted by Gasteiger charge is 2.48. The van der Waals surface area contributed by atoms with E-state index in [9.17, 15) is 29.6 Å². The van der Waals surface area contributed by atoms with E-state index in [4.69, 9.17) is 4.42 Å². The van der Waals surface area contributed by atoms with Crippen LogP contribution in [0.3, 0.4) is 0 Å². The monoisotopic (exact) mass is 447 g/mol. The Labute approximate surface area is 186 Å². The molecule has 10 heteroatoms. The maximum atomic E-state index is 13.0. The van der Waals surface area contributed by atoms with Crippen LogP contribution in [0.1, 0.15) is 24.3 Å². The van der Waals surface area contributed by atoms with E-state index in [1.54, 1.807) is 30.3 Å². The number of rotatable bonds is 5. The number of nitrogens with zero attached hydrogens (tertiary/aromatic N) is 2. The SMILES string of the molecule is CC(=O)Nc1cccc(N2C(=O)C(=O)/C(=C(\O)c3ccc([N+](=O)[O-])cc3)C2c2ccco2)c1. The minimum atomic E-state index is -1.09. The summed E-state index contributed by atoms with van der Waals surface area (Å²) in [6, 6.07) is 13.3. The van der Waals surface area contributed by atoms with Crippen LogP contribution in [0.2, 0.25) is 0 Å². The van der Waals surface area contributed by atoms with Crippen LogP contribution in [0.15, 0.2) is 76.9 Å². The summed E-state index contributed by atoms with van der Waals surface area (Å²) >= 11 is 0. The highest BCUT2D eigenvalue weighted by molar-refractivity contribution is 6.51. The summed E-state index contributed by atoms with van der Waals surface area (Å²) < 4.78 is 5.48. The number of aliphatic hydroxyl groups is 1. The molecule has 0 saturated carbocycles. The van der Waals surface area contributed by atoms with E-state index in [1.807, 2.05) is 0 Å². The third kappa shape index (κ3) is 3.97. The number of hydrogen-bond donors (Lipinski definition) is 2. The third-order valence-electron chi connectivity index (χ3n) is 5.05. The number of nitro benzene ring substituents is 1. The first kappa shape index (κ1) is 21.5. The lowest BCUT2D eigenvalue weighted by Crippen LogP contribution is -2.29. The van der Waals surface area contributed by atoms with Gasteiger partial charge in [-0.3, -0.25) is 29.4 Å². The number of Topliss-reactive ketones (excluding diaryl/α,β-unsaturated/α-hetero) is 1. The molecule has 2 heterocycles. The Morgan fingerprint density at radius 3 is 2.45 bits per heavy atom. The number of aliphatic hydroxyl groups excluding tert-OH is 1. The van der Waals surface area contributed by atoms with Crippen molar-refractivity contribution in [3.8, 4) is 0 Å². The van der Waals surface area contributed by atoms with E-state index in [2.05, 4.69) is 5.32 Å². The fourth-order valence-corrected chi connectivity index (χ4v) is 3.65. The van der Waals surface area contributed by atoms with Crippen LogP contribution in [0, 0.1) is 10.1 Å². The van der Waals surface area contributed by atoms with E-state index in [0.717, 1.165) is 0 Å². The molecule has 0 spiro atoms. The average Bonchev–Trinajstić information content (AvgIpc) is 3.40. The molecule has 1 aromatic heterocycles. The topological polar surface area (TPSA) is 143 Å². The zero-order valence-corrected chi connectivity index (χ0v) is 17.2. The zero-order chi connectivity index (χ0) is 23.7. The molecular formula is C23H17N3O7. The van der Waals surface area contributed by atoms with Crippen molar-refractivity contribution in [3.05, 3.63) is 93.9 Å². The van der Waals surface area contributed by atoms with Crippen LogP contribution in [-0.2, 0) is 14.4 Å². The standard InChI is InChI=1S/C23H17N3O7/c1-13(27)24-15-4-2-5-17(12-15)25-20(18-6-3-11-33-18)19(22(29)23(25)30)21(28)14-7-9-16(10-8-14)26(31)32/h2-12,20,28H,1H3,(H,24,27)/b21-19-. The smallest absolute Gasteiger partial charge is 0.300 e. The maximum absolute atomic E-state index is 13.0. The largest absolute Gasteiger partial charge is 0.507 e.